The first-order chi connectivity index (χ1) is 18.2. The van der Waals surface area contributed by atoms with Crippen LogP contribution in [0.2, 0.25) is 0 Å². The SMILES string of the molecule is C=CCCCC(CNCCCCC)NC(=O)C[C@@H](CCCCCCCCCCC)OCc1ccccc1. The van der Waals surface area contributed by atoms with Crippen LogP contribution in [0, 0.1) is 0 Å². The van der Waals surface area contributed by atoms with E-state index in [9.17, 15) is 4.79 Å². The highest BCUT2D eigenvalue weighted by Crippen LogP contribution is 2.16. The van der Waals surface area contributed by atoms with Crippen LogP contribution in [-0.2, 0) is 16.1 Å². The lowest BCUT2D eigenvalue weighted by molar-refractivity contribution is -0.125. The Morgan fingerprint density at radius 1 is 0.865 bits per heavy atom. The summed E-state index contributed by atoms with van der Waals surface area (Å²) in [5, 5.41) is 6.87. The minimum Gasteiger partial charge on any atom is -0.373 e. The lowest BCUT2D eigenvalue weighted by atomic mass is 10.0. The van der Waals surface area contributed by atoms with Gasteiger partial charge in [-0.15, -0.1) is 6.58 Å². The predicted octanol–water partition coefficient (Wildman–Crippen LogP) is 8.50. The Hall–Kier alpha value is -1.65. The summed E-state index contributed by atoms with van der Waals surface area (Å²) in [6, 6.07) is 10.5. The maximum atomic E-state index is 13.1. The third-order valence-electron chi connectivity index (χ3n) is 7.05. The summed E-state index contributed by atoms with van der Waals surface area (Å²) in [6.45, 7) is 10.8. The van der Waals surface area contributed by atoms with Crippen molar-refractivity contribution in [1.29, 1.82) is 0 Å². The molecular weight excluding hydrogens is 456 g/mol. The molecular formula is C33H58N2O2. The standard InChI is InChI=1S/C33H58N2O2/c1-4-7-10-11-12-13-14-15-20-25-32(37-29-30-22-18-16-19-23-30)27-33(36)35-31(24-17-8-5-2)28-34-26-21-9-6-3/h5,16,18-19,22-23,31-32,34H,2,4,6-15,17,20-21,24-29H2,1,3H3,(H,35,36)/t31?,32-/m1/s1. The number of hydrogen-bond donors (Lipinski definition) is 2. The summed E-state index contributed by atoms with van der Waals surface area (Å²) in [5.74, 6) is 0.118. The molecule has 1 aromatic carbocycles. The normalized spacial score (nSPS) is 12.8. The molecule has 1 amide bonds. The number of amides is 1. The maximum absolute atomic E-state index is 13.1. The highest BCUT2D eigenvalue weighted by Gasteiger charge is 2.18. The molecule has 2 N–H and O–H groups in total. The fourth-order valence-corrected chi connectivity index (χ4v) is 4.72. The molecule has 37 heavy (non-hydrogen) atoms. The molecule has 1 aromatic rings. The molecule has 0 aliphatic carbocycles. The number of rotatable bonds is 26. The Kier molecular flexibility index (Phi) is 22.3. The molecule has 0 saturated heterocycles. The number of benzene rings is 1. The Morgan fingerprint density at radius 3 is 2.19 bits per heavy atom. The molecule has 4 heteroatoms. The van der Waals surface area contributed by atoms with Gasteiger partial charge in [0.15, 0.2) is 0 Å². The summed E-state index contributed by atoms with van der Waals surface area (Å²) >= 11 is 0. The van der Waals surface area contributed by atoms with E-state index in [0.29, 0.717) is 13.0 Å². The van der Waals surface area contributed by atoms with E-state index in [4.69, 9.17) is 4.74 Å². The van der Waals surface area contributed by atoms with Crippen LogP contribution in [0.15, 0.2) is 43.0 Å². The zero-order valence-electron chi connectivity index (χ0n) is 24.3. The number of hydrogen-bond acceptors (Lipinski definition) is 3. The molecule has 1 rings (SSSR count). The van der Waals surface area contributed by atoms with Crippen molar-refractivity contribution in [3.63, 3.8) is 0 Å². The molecule has 1 unspecified atom stereocenters. The third-order valence-corrected chi connectivity index (χ3v) is 7.05. The van der Waals surface area contributed by atoms with Gasteiger partial charge in [-0.3, -0.25) is 4.79 Å². The number of nitrogens with one attached hydrogen (secondary N) is 2. The van der Waals surface area contributed by atoms with Gasteiger partial charge in [-0.25, -0.2) is 0 Å². The van der Waals surface area contributed by atoms with Crippen molar-refractivity contribution in [3.05, 3.63) is 48.6 Å². The van der Waals surface area contributed by atoms with Crippen LogP contribution in [0.25, 0.3) is 0 Å². The van der Waals surface area contributed by atoms with Crippen LogP contribution in [0.4, 0.5) is 0 Å². The molecule has 0 aliphatic heterocycles. The maximum Gasteiger partial charge on any atom is 0.222 e. The lowest BCUT2D eigenvalue weighted by Crippen LogP contribution is -2.43. The smallest absolute Gasteiger partial charge is 0.222 e. The molecule has 0 saturated carbocycles. The Morgan fingerprint density at radius 2 is 1.51 bits per heavy atom. The van der Waals surface area contributed by atoms with E-state index in [1.165, 1.54) is 76.2 Å². The lowest BCUT2D eigenvalue weighted by Gasteiger charge is -2.22. The molecule has 4 nitrogen and oxygen atoms in total. The number of carbonyl (C=O) groups is 1. The second-order valence-corrected chi connectivity index (χ2v) is 10.6. The first kappa shape index (κ1) is 33.4. The van der Waals surface area contributed by atoms with Gasteiger partial charge in [0.05, 0.1) is 19.1 Å². The average Bonchev–Trinajstić information content (AvgIpc) is 2.91. The molecule has 0 radical (unpaired) electrons. The van der Waals surface area contributed by atoms with E-state index < -0.39 is 0 Å². The number of carbonyl (C=O) groups excluding carboxylic acids is 1. The molecule has 0 bridgehead atoms. The van der Waals surface area contributed by atoms with Crippen molar-refractivity contribution in [2.75, 3.05) is 13.1 Å². The van der Waals surface area contributed by atoms with E-state index in [2.05, 4.69) is 43.2 Å². The zero-order chi connectivity index (χ0) is 26.8. The highest BCUT2D eigenvalue weighted by atomic mass is 16.5. The van der Waals surface area contributed by atoms with E-state index in [1.807, 2.05) is 24.3 Å². The van der Waals surface area contributed by atoms with Crippen LogP contribution in [-0.4, -0.2) is 31.1 Å². The van der Waals surface area contributed by atoms with Gasteiger partial charge in [0.1, 0.15) is 0 Å². The largest absolute Gasteiger partial charge is 0.373 e. The number of ether oxygens (including phenoxy) is 1. The van der Waals surface area contributed by atoms with Gasteiger partial charge < -0.3 is 15.4 Å². The number of unbranched alkanes of at least 4 members (excludes halogenated alkanes) is 11. The van der Waals surface area contributed by atoms with Gasteiger partial charge >= 0.3 is 0 Å². The highest BCUT2D eigenvalue weighted by molar-refractivity contribution is 5.76. The van der Waals surface area contributed by atoms with Crippen molar-refractivity contribution < 1.29 is 9.53 Å². The first-order valence-electron chi connectivity index (χ1n) is 15.5. The minimum absolute atomic E-state index is 0.0314. The second-order valence-electron chi connectivity index (χ2n) is 10.6. The van der Waals surface area contributed by atoms with Crippen LogP contribution in [0.3, 0.4) is 0 Å². The summed E-state index contributed by atoms with van der Waals surface area (Å²) in [6.07, 6.45) is 21.8. The quantitative estimate of drug-likeness (QED) is 0.0962. The summed E-state index contributed by atoms with van der Waals surface area (Å²) < 4.78 is 6.29. The minimum atomic E-state index is -0.0314. The number of allylic oxidation sites excluding steroid dienone is 1. The van der Waals surface area contributed by atoms with Gasteiger partial charge in [-0.1, -0.05) is 121 Å². The zero-order valence-corrected chi connectivity index (χ0v) is 24.3. The van der Waals surface area contributed by atoms with Crippen LogP contribution in [0.1, 0.15) is 129 Å². The molecule has 0 spiro atoms. The Balaban J connectivity index is 2.50. The van der Waals surface area contributed by atoms with Crippen LogP contribution >= 0.6 is 0 Å². The Labute approximate surface area is 229 Å². The van der Waals surface area contributed by atoms with Gasteiger partial charge in [0, 0.05) is 12.6 Å². The van der Waals surface area contributed by atoms with Crippen LogP contribution < -0.4 is 10.6 Å². The monoisotopic (exact) mass is 514 g/mol. The fraction of sp³-hybridized carbons (Fsp3) is 0.727. The van der Waals surface area contributed by atoms with Crippen LogP contribution in [0.5, 0.6) is 0 Å². The van der Waals surface area contributed by atoms with Crippen molar-refractivity contribution in [1.82, 2.24) is 10.6 Å². The van der Waals surface area contributed by atoms with Crippen molar-refractivity contribution >= 4 is 5.91 Å². The topological polar surface area (TPSA) is 50.4 Å². The molecule has 212 valence electrons. The summed E-state index contributed by atoms with van der Waals surface area (Å²) in [7, 11) is 0. The third kappa shape index (κ3) is 20.0. The summed E-state index contributed by atoms with van der Waals surface area (Å²) in [5.41, 5.74) is 1.17. The van der Waals surface area contributed by atoms with E-state index in [-0.39, 0.29) is 18.1 Å². The predicted molar refractivity (Wildman–Crippen MR) is 160 cm³/mol. The second kappa shape index (κ2) is 24.7. The van der Waals surface area contributed by atoms with Crippen molar-refractivity contribution in [2.45, 2.75) is 142 Å². The Bertz CT molecular complexity index is 649. The van der Waals surface area contributed by atoms with Gasteiger partial charge in [0.25, 0.3) is 0 Å². The first-order valence-corrected chi connectivity index (χ1v) is 15.5. The molecule has 0 fully saturated rings. The fourth-order valence-electron chi connectivity index (χ4n) is 4.72. The summed E-state index contributed by atoms with van der Waals surface area (Å²) in [4.78, 5) is 13.1. The van der Waals surface area contributed by atoms with Crippen molar-refractivity contribution in [2.24, 2.45) is 0 Å². The van der Waals surface area contributed by atoms with Crippen molar-refractivity contribution in [3.8, 4) is 0 Å². The van der Waals surface area contributed by atoms with E-state index in [1.54, 1.807) is 0 Å². The molecule has 0 aromatic heterocycles. The van der Waals surface area contributed by atoms with E-state index in [0.717, 1.165) is 45.2 Å². The molecule has 0 aliphatic rings. The van der Waals surface area contributed by atoms with E-state index >= 15 is 0 Å². The average molecular weight is 515 g/mol. The van der Waals surface area contributed by atoms with Gasteiger partial charge in [-0.2, -0.15) is 0 Å². The molecule has 2 atom stereocenters. The van der Waals surface area contributed by atoms with Gasteiger partial charge in [0.2, 0.25) is 5.91 Å². The van der Waals surface area contributed by atoms with Gasteiger partial charge in [-0.05, 0) is 44.2 Å². The molecule has 0 heterocycles.